The zero-order valence-electron chi connectivity index (χ0n) is 12.1. The van der Waals surface area contributed by atoms with Crippen molar-refractivity contribution in [3.05, 3.63) is 67.8 Å². The molecule has 4 aliphatic carbocycles. The third-order valence-electron chi connectivity index (χ3n) is 4.03. The van der Waals surface area contributed by atoms with E-state index >= 15 is 0 Å². The van der Waals surface area contributed by atoms with E-state index in [4.69, 9.17) is 4.84 Å². The molecule has 0 spiro atoms. The number of halogens is 1. The van der Waals surface area contributed by atoms with Gasteiger partial charge in [-0.2, -0.15) is 0 Å². The van der Waals surface area contributed by atoms with Crippen LogP contribution in [0.5, 0.6) is 0 Å². The summed E-state index contributed by atoms with van der Waals surface area (Å²) in [5, 5.41) is 3.99. The third-order valence-corrected chi connectivity index (χ3v) is 5.30. The van der Waals surface area contributed by atoms with Gasteiger partial charge in [0.2, 0.25) is 0 Å². The number of aryl methyl sites for hydroxylation is 4. The molecule has 4 bridgehead atoms. The molecule has 0 saturated carbocycles. The minimum absolute atomic E-state index is 1.03. The maximum atomic E-state index is 4.88. The second kappa shape index (κ2) is 6.60. The van der Waals surface area contributed by atoms with E-state index < -0.39 is 0 Å². The average Bonchev–Trinajstić information content (AvgIpc) is 2.50. The van der Waals surface area contributed by atoms with Crippen LogP contribution in [0.4, 0.5) is 0 Å². The molecule has 4 aliphatic rings. The molecule has 0 fully saturated rings. The lowest BCUT2D eigenvalue weighted by atomic mass is 9.94. The molecule has 2 aromatic carbocycles. The fourth-order valence-electron chi connectivity index (χ4n) is 2.76. The Hall–Kier alpha value is -1.36. The second-order valence-corrected chi connectivity index (χ2v) is 6.42. The first kappa shape index (κ1) is 14.6. The zero-order valence-corrected chi connectivity index (χ0v) is 14.3. The maximum absolute atomic E-state index is 4.88. The third kappa shape index (κ3) is 3.28. The first-order valence-electron chi connectivity index (χ1n) is 7.22. The topological polar surface area (TPSA) is 21.6 Å². The van der Waals surface area contributed by atoms with Gasteiger partial charge in [0.1, 0.15) is 7.11 Å². The van der Waals surface area contributed by atoms with Crippen LogP contribution in [0.15, 0.2) is 41.6 Å². The van der Waals surface area contributed by atoms with Crippen LogP contribution in [0.1, 0.15) is 27.8 Å². The van der Waals surface area contributed by atoms with Gasteiger partial charge >= 0.3 is 0 Å². The number of hydrogen-bond acceptors (Lipinski definition) is 2. The van der Waals surface area contributed by atoms with Gasteiger partial charge in [0.05, 0.1) is 6.21 Å². The number of nitrogens with zero attached hydrogens (tertiary/aromatic N) is 1. The quantitative estimate of drug-likeness (QED) is 0.428. The summed E-state index contributed by atoms with van der Waals surface area (Å²) in [6.45, 7) is 0. The highest BCUT2D eigenvalue weighted by Gasteiger charge is 2.12. The van der Waals surface area contributed by atoms with Crippen molar-refractivity contribution in [2.75, 3.05) is 7.11 Å². The van der Waals surface area contributed by atoms with E-state index in [1.54, 1.807) is 7.11 Å². The SMILES string of the molecule is CO/N=C/c1c2ccc(c1I)CCc1ccc(cc1)CC2. The van der Waals surface area contributed by atoms with E-state index in [2.05, 4.69) is 64.1 Å². The Bertz CT molecular complexity index is 662. The Labute approximate surface area is 139 Å². The standard InChI is InChI=1S/C18H18INO/c1-21-20-12-17-15-8-6-13-2-4-14(5-3-13)7-9-16(11-10-15)18(17)19/h2-5,10-12H,6-9H2,1H3/b20-12+. The van der Waals surface area contributed by atoms with Crippen LogP contribution in [0.3, 0.4) is 0 Å². The Morgan fingerprint density at radius 2 is 1.48 bits per heavy atom. The molecule has 3 heteroatoms. The van der Waals surface area contributed by atoms with Crippen molar-refractivity contribution in [3.8, 4) is 0 Å². The molecule has 0 aromatic heterocycles. The lowest BCUT2D eigenvalue weighted by molar-refractivity contribution is 0.215. The predicted molar refractivity (Wildman–Crippen MR) is 95.0 cm³/mol. The van der Waals surface area contributed by atoms with Gasteiger partial charge in [-0.15, -0.1) is 0 Å². The maximum Gasteiger partial charge on any atom is 0.106 e. The van der Waals surface area contributed by atoms with Gasteiger partial charge in [0, 0.05) is 9.13 Å². The van der Waals surface area contributed by atoms with Crippen molar-refractivity contribution < 1.29 is 4.84 Å². The molecule has 0 amide bonds. The molecule has 0 saturated heterocycles. The summed E-state index contributed by atoms with van der Waals surface area (Å²) in [5.41, 5.74) is 6.75. The summed E-state index contributed by atoms with van der Waals surface area (Å²) < 4.78 is 1.31. The van der Waals surface area contributed by atoms with Crippen LogP contribution in [0.2, 0.25) is 0 Å². The van der Waals surface area contributed by atoms with Crippen molar-refractivity contribution in [1.82, 2.24) is 0 Å². The molecule has 108 valence electrons. The molecule has 0 radical (unpaired) electrons. The van der Waals surface area contributed by atoms with Gasteiger partial charge in [0.15, 0.2) is 0 Å². The van der Waals surface area contributed by atoms with Crippen molar-refractivity contribution in [3.63, 3.8) is 0 Å². The fourth-order valence-corrected chi connectivity index (χ4v) is 3.70. The summed E-state index contributed by atoms with van der Waals surface area (Å²) in [6, 6.07) is 13.6. The van der Waals surface area contributed by atoms with E-state index in [1.165, 1.54) is 31.4 Å². The highest BCUT2D eigenvalue weighted by molar-refractivity contribution is 14.1. The van der Waals surface area contributed by atoms with Crippen LogP contribution >= 0.6 is 22.6 Å². The van der Waals surface area contributed by atoms with Gasteiger partial charge < -0.3 is 4.84 Å². The summed E-state index contributed by atoms with van der Waals surface area (Å²) in [7, 11) is 1.59. The summed E-state index contributed by atoms with van der Waals surface area (Å²) in [5.74, 6) is 0. The molecule has 0 aliphatic heterocycles. The number of oxime groups is 1. The summed E-state index contributed by atoms with van der Waals surface area (Å²) >= 11 is 2.45. The first-order valence-corrected chi connectivity index (χ1v) is 8.30. The van der Waals surface area contributed by atoms with Gasteiger partial charge in [0.25, 0.3) is 0 Å². The lowest BCUT2D eigenvalue weighted by Crippen LogP contribution is -2.05. The molecule has 6 rings (SSSR count). The fraction of sp³-hybridized carbons (Fsp3) is 0.278. The normalized spacial score (nSPS) is 14.2. The van der Waals surface area contributed by atoms with E-state index in [0.29, 0.717) is 0 Å². The van der Waals surface area contributed by atoms with Gasteiger partial charge in [-0.25, -0.2) is 0 Å². The Morgan fingerprint density at radius 3 is 2.10 bits per heavy atom. The highest BCUT2D eigenvalue weighted by atomic mass is 127. The number of hydrogen-bond donors (Lipinski definition) is 0. The minimum atomic E-state index is 1.03. The molecule has 21 heavy (non-hydrogen) atoms. The molecule has 0 unspecified atom stereocenters. The molecule has 0 N–H and O–H groups in total. The predicted octanol–water partition coefficient (Wildman–Crippen LogP) is 4.16. The van der Waals surface area contributed by atoms with Crippen LogP contribution in [0.25, 0.3) is 0 Å². The molecule has 2 nitrogen and oxygen atoms in total. The number of rotatable bonds is 2. The highest BCUT2D eigenvalue weighted by Crippen LogP contribution is 2.24. The van der Waals surface area contributed by atoms with Gasteiger partial charge in [-0.1, -0.05) is 41.6 Å². The monoisotopic (exact) mass is 391 g/mol. The summed E-state index contributed by atoms with van der Waals surface area (Å²) in [6.07, 6.45) is 6.08. The molecular formula is C18H18INO. The van der Waals surface area contributed by atoms with Gasteiger partial charge in [-0.3, -0.25) is 0 Å². The smallest absolute Gasteiger partial charge is 0.106 e. The first-order chi connectivity index (χ1) is 10.3. The molecule has 2 aromatic rings. The second-order valence-electron chi connectivity index (χ2n) is 5.35. The van der Waals surface area contributed by atoms with E-state index in [-0.39, 0.29) is 0 Å². The molecule has 0 atom stereocenters. The van der Waals surface area contributed by atoms with Gasteiger partial charge in [-0.05, 0) is 70.5 Å². The lowest BCUT2D eigenvalue weighted by Gasteiger charge is -2.14. The van der Waals surface area contributed by atoms with Crippen molar-refractivity contribution in [2.45, 2.75) is 25.7 Å². The number of benzene rings is 2. The van der Waals surface area contributed by atoms with Crippen molar-refractivity contribution in [1.29, 1.82) is 0 Å². The Morgan fingerprint density at radius 1 is 0.905 bits per heavy atom. The van der Waals surface area contributed by atoms with E-state index in [0.717, 1.165) is 25.7 Å². The van der Waals surface area contributed by atoms with Crippen LogP contribution in [-0.4, -0.2) is 13.3 Å². The Balaban J connectivity index is 2.04. The Kier molecular flexibility index (Phi) is 4.58. The minimum Gasteiger partial charge on any atom is -0.399 e. The largest absolute Gasteiger partial charge is 0.399 e. The van der Waals surface area contributed by atoms with E-state index in [1.807, 2.05) is 6.21 Å². The van der Waals surface area contributed by atoms with Crippen LogP contribution in [-0.2, 0) is 30.5 Å². The van der Waals surface area contributed by atoms with Crippen LogP contribution < -0.4 is 0 Å². The summed E-state index contributed by atoms with van der Waals surface area (Å²) in [4.78, 5) is 4.88. The average molecular weight is 391 g/mol. The van der Waals surface area contributed by atoms with Crippen LogP contribution in [0, 0.1) is 3.57 Å². The molecular weight excluding hydrogens is 373 g/mol. The van der Waals surface area contributed by atoms with Crippen molar-refractivity contribution in [2.24, 2.45) is 5.16 Å². The van der Waals surface area contributed by atoms with Crippen molar-refractivity contribution >= 4 is 28.8 Å². The van der Waals surface area contributed by atoms with E-state index in [9.17, 15) is 0 Å². The zero-order chi connectivity index (χ0) is 14.7. The molecule has 0 heterocycles.